The highest BCUT2D eigenvalue weighted by molar-refractivity contribution is 8.77. The predicted molar refractivity (Wildman–Crippen MR) is 62.5 cm³/mol. The molecule has 72 valence electrons. The van der Waals surface area contributed by atoms with E-state index in [0.29, 0.717) is 12.2 Å². The Bertz CT molecular complexity index is 256. The van der Waals surface area contributed by atoms with Crippen LogP contribution in [0, 0.1) is 0 Å². The van der Waals surface area contributed by atoms with E-state index in [1.165, 1.54) is 4.21 Å². The highest BCUT2D eigenvalue weighted by Crippen LogP contribution is 2.37. The number of hydrogen-bond donors (Lipinski definition) is 0. The van der Waals surface area contributed by atoms with E-state index in [2.05, 4.69) is 11.4 Å². The monoisotopic (exact) mass is 232 g/mol. The van der Waals surface area contributed by atoms with Crippen molar-refractivity contribution in [3.8, 4) is 0 Å². The van der Waals surface area contributed by atoms with Gasteiger partial charge in [-0.15, -0.1) is 11.3 Å². The summed E-state index contributed by atoms with van der Waals surface area (Å²) in [4.78, 5) is 11.2. The van der Waals surface area contributed by atoms with Crippen molar-refractivity contribution in [3.63, 3.8) is 0 Å². The molecule has 0 radical (unpaired) electrons. The molecule has 0 aromatic carbocycles. The molecule has 1 heterocycles. The van der Waals surface area contributed by atoms with Gasteiger partial charge in [0.1, 0.15) is 5.78 Å². The lowest BCUT2D eigenvalue weighted by Gasteiger charge is -2.05. The van der Waals surface area contributed by atoms with Crippen molar-refractivity contribution < 1.29 is 4.79 Å². The normalized spacial score (nSPS) is 12.8. The van der Waals surface area contributed by atoms with Gasteiger partial charge < -0.3 is 0 Å². The first-order chi connectivity index (χ1) is 6.24. The fourth-order valence-electron chi connectivity index (χ4n) is 0.772. The number of rotatable bonds is 5. The third-order valence-corrected chi connectivity index (χ3v) is 5.73. The Morgan fingerprint density at radius 1 is 1.69 bits per heavy atom. The maximum atomic E-state index is 11.2. The molecule has 4 heteroatoms. The van der Waals surface area contributed by atoms with Crippen LogP contribution in [-0.2, 0) is 4.79 Å². The smallest absolute Gasteiger partial charge is 0.146 e. The van der Waals surface area contributed by atoms with E-state index < -0.39 is 0 Å². The molecule has 0 aliphatic heterocycles. The van der Waals surface area contributed by atoms with Crippen LogP contribution in [0.15, 0.2) is 21.7 Å². The van der Waals surface area contributed by atoms with Crippen molar-refractivity contribution in [1.82, 2.24) is 0 Å². The first kappa shape index (κ1) is 11.1. The lowest BCUT2D eigenvalue weighted by Crippen LogP contribution is -2.09. The largest absolute Gasteiger partial charge is 0.298 e. The molecule has 0 spiro atoms. The van der Waals surface area contributed by atoms with Gasteiger partial charge in [-0.05, 0) is 29.2 Å². The maximum Gasteiger partial charge on any atom is 0.146 e. The van der Waals surface area contributed by atoms with Crippen LogP contribution in [0.5, 0.6) is 0 Å². The molecule has 0 saturated carbocycles. The minimum Gasteiger partial charge on any atom is -0.298 e. The van der Waals surface area contributed by atoms with Gasteiger partial charge in [0, 0.05) is 6.42 Å². The summed E-state index contributed by atoms with van der Waals surface area (Å²) in [6.07, 6.45) is 0.638. The number of carbonyl (C=O) groups is 1. The van der Waals surface area contributed by atoms with Gasteiger partial charge in [0.15, 0.2) is 0 Å². The summed E-state index contributed by atoms with van der Waals surface area (Å²) < 4.78 is 1.26. The van der Waals surface area contributed by atoms with Crippen molar-refractivity contribution in [2.45, 2.75) is 29.7 Å². The van der Waals surface area contributed by atoms with E-state index in [9.17, 15) is 4.79 Å². The van der Waals surface area contributed by atoms with Gasteiger partial charge in [0.05, 0.1) is 9.46 Å². The van der Waals surface area contributed by atoms with Crippen LogP contribution in [0.4, 0.5) is 0 Å². The van der Waals surface area contributed by atoms with Crippen molar-refractivity contribution in [1.29, 1.82) is 0 Å². The minimum atomic E-state index is 0.108. The second-order valence-electron chi connectivity index (χ2n) is 2.57. The van der Waals surface area contributed by atoms with E-state index in [1.54, 1.807) is 32.9 Å². The van der Waals surface area contributed by atoms with Crippen LogP contribution in [0.2, 0.25) is 0 Å². The van der Waals surface area contributed by atoms with Gasteiger partial charge in [-0.25, -0.2) is 0 Å². The van der Waals surface area contributed by atoms with Crippen molar-refractivity contribution in [2.24, 2.45) is 0 Å². The first-order valence-electron chi connectivity index (χ1n) is 4.13. The number of ketones is 1. The van der Waals surface area contributed by atoms with Gasteiger partial charge in [0.25, 0.3) is 0 Å². The van der Waals surface area contributed by atoms with Crippen LogP contribution in [-0.4, -0.2) is 11.0 Å². The molecular formula is C9H12OS3. The SMILES string of the molecule is CCC(=O)C(C)SSc1cccs1. The van der Waals surface area contributed by atoms with Gasteiger partial charge >= 0.3 is 0 Å². The molecule has 0 aliphatic carbocycles. The van der Waals surface area contributed by atoms with Crippen LogP contribution in [0.25, 0.3) is 0 Å². The van der Waals surface area contributed by atoms with Gasteiger partial charge in [-0.3, -0.25) is 4.79 Å². The summed E-state index contributed by atoms with van der Waals surface area (Å²) in [7, 11) is 3.34. The second kappa shape index (κ2) is 5.73. The van der Waals surface area contributed by atoms with Gasteiger partial charge in [0.2, 0.25) is 0 Å². The Kier molecular flexibility index (Phi) is 4.91. The molecule has 1 rings (SSSR count). The average molecular weight is 232 g/mol. The predicted octanol–water partition coefficient (Wildman–Crippen LogP) is 3.86. The fourth-order valence-corrected chi connectivity index (χ4v) is 4.10. The van der Waals surface area contributed by atoms with Crippen molar-refractivity contribution in [3.05, 3.63) is 17.5 Å². The summed E-state index contributed by atoms with van der Waals surface area (Å²) in [5, 5.41) is 2.16. The minimum absolute atomic E-state index is 0.108. The molecule has 1 atom stereocenters. The molecule has 0 amide bonds. The third-order valence-electron chi connectivity index (χ3n) is 1.57. The summed E-state index contributed by atoms with van der Waals surface area (Å²) in [6, 6.07) is 4.10. The average Bonchev–Trinajstić information content (AvgIpc) is 2.65. The van der Waals surface area contributed by atoms with Crippen molar-refractivity contribution >= 4 is 38.7 Å². The van der Waals surface area contributed by atoms with E-state index >= 15 is 0 Å². The Labute approximate surface area is 90.7 Å². The molecule has 0 aliphatic rings. The summed E-state index contributed by atoms with van der Waals surface area (Å²) in [5.41, 5.74) is 0. The zero-order valence-corrected chi connectivity index (χ0v) is 10.1. The van der Waals surface area contributed by atoms with E-state index in [0.717, 1.165) is 0 Å². The Morgan fingerprint density at radius 2 is 2.46 bits per heavy atom. The highest BCUT2D eigenvalue weighted by Gasteiger charge is 2.11. The Hall–Kier alpha value is 0.0700. The molecular weight excluding hydrogens is 220 g/mol. The van der Waals surface area contributed by atoms with Crippen LogP contribution < -0.4 is 0 Å². The lowest BCUT2D eigenvalue weighted by atomic mass is 10.2. The summed E-state index contributed by atoms with van der Waals surface area (Å²) >= 11 is 1.72. The molecule has 13 heavy (non-hydrogen) atoms. The van der Waals surface area contributed by atoms with Crippen molar-refractivity contribution in [2.75, 3.05) is 0 Å². The highest BCUT2D eigenvalue weighted by atomic mass is 33.1. The Balaban J connectivity index is 2.30. The Morgan fingerprint density at radius 3 is 3.00 bits per heavy atom. The van der Waals surface area contributed by atoms with E-state index in [1.807, 2.05) is 19.9 Å². The summed E-state index contributed by atoms with van der Waals surface area (Å²) in [6.45, 7) is 3.88. The van der Waals surface area contributed by atoms with E-state index in [-0.39, 0.29) is 5.25 Å². The molecule has 0 saturated heterocycles. The maximum absolute atomic E-state index is 11.2. The van der Waals surface area contributed by atoms with Crippen LogP contribution in [0.1, 0.15) is 20.3 Å². The van der Waals surface area contributed by atoms with E-state index in [4.69, 9.17) is 0 Å². The molecule has 0 N–H and O–H groups in total. The third kappa shape index (κ3) is 3.75. The number of hydrogen-bond acceptors (Lipinski definition) is 4. The topological polar surface area (TPSA) is 17.1 Å². The lowest BCUT2D eigenvalue weighted by molar-refractivity contribution is -0.117. The first-order valence-corrected chi connectivity index (χ1v) is 7.23. The second-order valence-corrected chi connectivity index (χ2v) is 6.36. The number of carbonyl (C=O) groups excluding carboxylic acids is 1. The van der Waals surface area contributed by atoms with Gasteiger partial charge in [-0.2, -0.15) is 0 Å². The fraction of sp³-hybridized carbons (Fsp3) is 0.444. The quantitative estimate of drug-likeness (QED) is 0.718. The standard InChI is InChI=1S/C9H12OS3/c1-3-8(10)7(2)12-13-9-5-4-6-11-9/h4-7H,3H2,1-2H3. The van der Waals surface area contributed by atoms with Crippen LogP contribution in [0.3, 0.4) is 0 Å². The number of Topliss-reactive ketones (excluding diaryl/α,β-unsaturated/α-hetero) is 1. The zero-order chi connectivity index (χ0) is 9.68. The molecule has 1 aromatic rings. The molecule has 1 unspecified atom stereocenters. The molecule has 0 bridgehead atoms. The van der Waals surface area contributed by atoms with Gasteiger partial charge in [-0.1, -0.05) is 23.8 Å². The number of thiophene rings is 1. The van der Waals surface area contributed by atoms with Crippen LogP contribution >= 0.6 is 32.9 Å². The molecule has 1 nitrogen and oxygen atoms in total. The molecule has 0 fully saturated rings. The summed E-state index contributed by atoms with van der Waals surface area (Å²) in [5.74, 6) is 0.328. The molecule has 1 aromatic heterocycles. The zero-order valence-electron chi connectivity index (χ0n) is 7.65.